The number of hydrogen-bond acceptors (Lipinski definition) is 2. The molecule has 0 spiro atoms. The van der Waals surface area contributed by atoms with Crippen LogP contribution in [-0.2, 0) is 10.1 Å². The minimum absolute atomic E-state index is 0.0514. The molecular formula is C15H24O3S. The molecule has 0 atom stereocenters. The molecule has 4 heteroatoms. The van der Waals surface area contributed by atoms with Crippen LogP contribution in [0.5, 0.6) is 0 Å². The van der Waals surface area contributed by atoms with E-state index in [0.29, 0.717) is 0 Å². The molecule has 108 valence electrons. The van der Waals surface area contributed by atoms with Gasteiger partial charge < -0.3 is 0 Å². The highest BCUT2D eigenvalue weighted by Crippen LogP contribution is 2.35. The molecule has 1 aromatic rings. The van der Waals surface area contributed by atoms with Gasteiger partial charge in [-0.15, -0.1) is 0 Å². The van der Waals surface area contributed by atoms with Crippen molar-refractivity contribution in [3.05, 3.63) is 28.8 Å². The monoisotopic (exact) mass is 284 g/mol. The average Bonchev–Trinajstić information content (AvgIpc) is 2.25. The third-order valence-corrected chi connectivity index (χ3v) is 4.23. The van der Waals surface area contributed by atoms with E-state index in [1.54, 1.807) is 6.07 Å². The lowest BCUT2D eigenvalue weighted by Gasteiger charge is -2.21. The topological polar surface area (TPSA) is 54.4 Å². The van der Waals surface area contributed by atoms with Crippen molar-refractivity contribution in [3.8, 4) is 0 Å². The van der Waals surface area contributed by atoms with Gasteiger partial charge in [0.2, 0.25) is 0 Å². The van der Waals surface area contributed by atoms with Gasteiger partial charge in [-0.1, -0.05) is 47.6 Å². The van der Waals surface area contributed by atoms with E-state index in [1.165, 1.54) is 0 Å². The molecule has 0 aliphatic rings. The summed E-state index contributed by atoms with van der Waals surface area (Å²) in [6, 6.07) is 3.68. The molecule has 0 radical (unpaired) electrons. The number of rotatable bonds is 4. The van der Waals surface area contributed by atoms with Crippen LogP contribution in [0.4, 0.5) is 0 Å². The lowest BCUT2D eigenvalue weighted by molar-refractivity contribution is 0.480. The Morgan fingerprint density at radius 1 is 0.895 bits per heavy atom. The highest BCUT2D eigenvalue weighted by molar-refractivity contribution is 7.85. The maximum Gasteiger partial charge on any atom is 0.294 e. The molecule has 0 saturated carbocycles. The normalized spacial score (nSPS) is 12.7. The van der Waals surface area contributed by atoms with Crippen LogP contribution in [0.3, 0.4) is 0 Å². The number of hydrogen-bond donors (Lipinski definition) is 1. The minimum atomic E-state index is -4.19. The molecule has 0 bridgehead atoms. The van der Waals surface area contributed by atoms with E-state index in [1.807, 2.05) is 41.5 Å². The smallest absolute Gasteiger partial charge is 0.282 e. The summed E-state index contributed by atoms with van der Waals surface area (Å²) in [6.07, 6.45) is 0. The van der Waals surface area contributed by atoms with Crippen LogP contribution in [-0.4, -0.2) is 13.0 Å². The van der Waals surface area contributed by atoms with Gasteiger partial charge in [0, 0.05) is 0 Å². The van der Waals surface area contributed by atoms with Crippen molar-refractivity contribution in [3.63, 3.8) is 0 Å². The Kier molecular flexibility index (Phi) is 4.80. The highest BCUT2D eigenvalue weighted by Gasteiger charge is 2.23. The van der Waals surface area contributed by atoms with Gasteiger partial charge in [0.15, 0.2) is 0 Å². The molecule has 0 aromatic heterocycles. The van der Waals surface area contributed by atoms with E-state index in [4.69, 9.17) is 0 Å². The van der Waals surface area contributed by atoms with Gasteiger partial charge >= 0.3 is 0 Å². The molecule has 0 aliphatic carbocycles. The van der Waals surface area contributed by atoms with Crippen molar-refractivity contribution in [2.75, 3.05) is 0 Å². The van der Waals surface area contributed by atoms with Gasteiger partial charge in [-0.05, 0) is 40.5 Å². The molecule has 0 saturated heterocycles. The first kappa shape index (κ1) is 16.2. The molecule has 1 rings (SSSR count). The maximum absolute atomic E-state index is 11.7. The summed E-state index contributed by atoms with van der Waals surface area (Å²) in [4.78, 5) is 0.0670. The Hall–Kier alpha value is -0.870. The summed E-state index contributed by atoms with van der Waals surface area (Å²) in [5, 5.41) is 0. The standard InChI is InChI=1S/C15H24O3S/c1-9(2)12-7-13(10(3)4)15(11(5)6)14(8-12)19(16,17)18/h7-11H,1-6H3,(H,16,17,18). The Morgan fingerprint density at radius 3 is 1.74 bits per heavy atom. The second kappa shape index (κ2) is 5.63. The van der Waals surface area contributed by atoms with Gasteiger partial charge in [-0.2, -0.15) is 8.42 Å². The van der Waals surface area contributed by atoms with Gasteiger partial charge in [0.25, 0.3) is 10.1 Å². The van der Waals surface area contributed by atoms with E-state index in [-0.39, 0.29) is 22.6 Å². The van der Waals surface area contributed by atoms with Crippen LogP contribution in [0.15, 0.2) is 17.0 Å². The van der Waals surface area contributed by atoms with Gasteiger partial charge in [-0.3, -0.25) is 4.55 Å². The first-order valence-corrected chi connectivity index (χ1v) is 8.14. The van der Waals surface area contributed by atoms with E-state index < -0.39 is 10.1 Å². The van der Waals surface area contributed by atoms with Crippen LogP contribution in [0.2, 0.25) is 0 Å². The van der Waals surface area contributed by atoms with Crippen LogP contribution < -0.4 is 0 Å². The second-order valence-corrected chi connectivity index (χ2v) is 7.35. The fourth-order valence-electron chi connectivity index (χ4n) is 2.31. The average molecular weight is 284 g/mol. The van der Waals surface area contributed by atoms with Crippen LogP contribution in [0.1, 0.15) is 76.0 Å². The molecule has 3 nitrogen and oxygen atoms in total. The van der Waals surface area contributed by atoms with Crippen LogP contribution >= 0.6 is 0 Å². The van der Waals surface area contributed by atoms with E-state index >= 15 is 0 Å². The quantitative estimate of drug-likeness (QED) is 0.838. The number of benzene rings is 1. The largest absolute Gasteiger partial charge is 0.294 e. The van der Waals surface area contributed by atoms with Crippen molar-refractivity contribution in [1.29, 1.82) is 0 Å². The maximum atomic E-state index is 11.7. The predicted octanol–water partition coefficient (Wildman–Crippen LogP) is 4.30. The SMILES string of the molecule is CC(C)c1cc(C(C)C)c(C(C)C)c(S(=O)(=O)O)c1. The van der Waals surface area contributed by atoms with Crippen molar-refractivity contribution < 1.29 is 13.0 Å². The molecule has 0 fully saturated rings. The first-order valence-electron chi connectivity index (χ1n) is 6.70. The highest BCUT2D eigenvalue weighted by atomic mass is 32.2. The molecule has 0 heterocycles. The van der Waals surface area contributed by atoms with Gasteiger partial charge in [0.1, 0.15) is 0 Å². The minimum Gasteiger partial charge on any atom is -0.282 e. The lowest BCUT2D eigenvalue weighted by atomic mass is 9.87. The summed E-state index contributed by atoms with van der Waals surface area (Å²) in [7, 11) is -4.19. The van der Waals surface area contributed by atoms with Crippen molar-refractivity contribution in [2.24, 2.45) is 0 Å². The Labute approximate surface area is 116 Å². The summed E-state index contributed by atoms with van der Waals surface area (Å²) in [5.74, 6) is 0.492. The summed E-state index contributed by atoms with van der Waals surface area (Å²) in [5.41, 5.74) is 2.69. The molecule has 1 N–H and O–H groups in total. The zero-order valence-electron chi connectivity index (χ0n) is 12.6. The Morgan fingerprint density at radius 2 is 1.42 bits per heavy atom. The molecule has 1 aromatic carbocycles. The molecule has 19 heavy (non-hydrogen) atoms. The molecule has 0 unspecified atom stereocenters. The van der Waals surface area contributed by atoms with Crippen molar-refractivity contribution in [2.45, 2.75) is 64.2 Å². The Balaban J connectivity index is 3.76. The summed E-state index contributed by atoms with van der Waals surface area (Å²) < 4.78 is 32.8. The first-order chi connectivity index (χ1) is 8.55. The van der Waals surface area contributed by atoms with E-state index in [9.17, 15) is 13.0 Å². The van der Waals surface area contributed by atoms with Gasteiger partial charge in [0.05, 0.1) is 4.90 Å². The zero-order chi connectivity index (χ0) is 15.0. The lowest BCUT2D eigenvalue weighted by Crippen LogP contribution is -2.10. The van der Waals surface area contributed by atoms with E-state index in [0.717, 1.165) is 16.7 Å². The molecule has 0 amide bonds. The molecular weight excluding hydrogens is 260 g/mol. The third-order valence-electron chi connectivity index (χ3n) is 3.34. The second-order valence-electron chi connectivity index (χ2n) is 5.96. The fraction of sp³-hybridized carbons (Fsp3) is 0.600. The zero-order valence-corrected chi connectivity index (χ0v) is 13.4. The fourth-order valence-corrected chi connectivity index (χ4v) is 3.23. The summed E-state index contributed by atoms with van der Waals surface area (Å²) >= 11 is 0. The Bertz CT molecular complexity index is 555. The van der Waals surface area contributed by atoms with Crippen LogP contribution in [0.25, 0.3) is 0 Å². The summed E-state index contributed by atoms with van der Waals surface area (Å²) in [6.45, 7) is 12.0. The van der Waals surface area contributed by atoms with Crippen molar-refractivity contribution >= 4 is 10.1 Å². The van der Waals surface area contributed by atoms with Crippen LogP contribution in [0, 0.1) is 0 Å². The van der Waals surface area contributed by atoms with E-state index in [2.05, 4.69) is 6.07 Å². The van der Waals surface area contributed by atoms with Gasteiger partial charge in [-0.25, -0.2) is 0 Å². The van der Waals surface area contributed by atoms with Crippen molar-refractivity contribution in [1.82, 2.24) is 0 Å². The molecule has 0 aliphatic heterocycles. The third kappa shape index (κ3) is 3.57. The predicted molar refractivity (Wildman–Crippen MR) is 78.5 cm³/mol.